The third-order valence-electron chi connectivity index (χ3n) is 2.14. The summed E-state index contributed by atoms with van der Waals surface area (Å²) in [6.45, 7) is 0. The first-order valence-corrected chi connectivity index (χ1v) is 5.19. The highest BCUT2D eigenvalue weighted by Crippen LogP contribution is 2.29. The number of halogens is 1. The van der Waals surface area contributed by atoms with Gasteiger partial charge in [0.25, 0.3) is 5.24 Å². The Morgan fingerprint density at radius 1 is 1.12 bits per heavy atom. The number of carbonyl (C=O) groups is 1. The van der Waals surface area contributed by atoms with Crippen molar-refractivity contribution >= 4 is 22.6 Å². The minimum absolute atomic E-state index is 0.0568. The van der Waals surface area contributed by atoms with Crippen molar-refractivity contribution in [3.05, 3.63) is 35.6 Å². The second kappa shape index (κ2) is 6.15. The SMILES string of the molecule is COC(C(=O)Cl)=C(OC)c1ccccc1OC. The van der Waals surface area contributed by atoms with Crippen LogP contribution in [0.1, 0.15) is 5.56 Å². The first-order valence-electron chi connectivity index (χ1n) is 4.81. The first kappa shape index (κ1) is 13.4. The Morgan fingerprint density at radius 3 is 2.24 bits per heavy atom. The van der Waals surface area contributed by atoms with Gasteiger partial charge in [-0.3, -0.25) is 4.79 Å². The number of carbonyl (C=O) groups excluding carboxylic acids is 1. The molecule has 0 radical (unpaired) electrons. The lowest BCUT2D eigenvalue weighted by atomic mass is 10.1. The predicted octanol–water partition coefficient (Wildman–Crippen LogP) is 2.42. The van der Waals surface area contributed by atoms with Gasteiger partial charge < -0.3 is 14.2 Å². The molecule has 0 amide bonds. The van der Waals surface area contributed by atoms with Crippen LogP contribution in [0.3, 0.4) is 0 Å². The molecular weight excluding hydrogens is 244 g/mol. The minimum Gasteiger partial charge on any atom is -0.496 e. The van der Waals surface area contributed by atoms with Crippen molar-refractivity contribution in [1.29, 1.82) is 0 Å². The summed E-state index contributed by atoms with van der Waals surface area (Å²) >= 11 is 5.42. The second-order valence-electron chi connectivity index (χ2n) is 3.04. The van der Waals surface area contributed by atoms with Crippen LogP contribution in [-0.4, -0.2) is 26.6 Å². The van der Waals surface area contributed by atoms with Gasteiger partial charge in [0.1, 0.15) is 5.75 Å². The molecule has 1 aromatic rings. The maximum atomic E-state index is 11.2. The van der Waals surface area contributed by atoms with E-state index in [-0.39, 0.29) is 11.5 Å². The third kappa shape index (κ3) is 2.91. The maximum Gasteiger partial charge on any atom is 0.291 e. The van der Waals surface area contributed by atoms with Crippen LogP contribution >= 0.6 is 11.6 Å². The summed E-state index contributed by atoms with van der Waals surface area (Å²) in [6.07, 6.45) is 0. The fourth-order valence-corrected chi connectivity index (χ4v) is 1.58. The average molecular weight is 257 g/mol. The molecule has 0 atom stereocenters. The Kier molecular flexibility index (Phi) is 4.84. The van der Waals surface area contributed by atoms with Crippen LogP contribution in [0, 0.1) is 0 Å². The Balaban J connectivity index is 3.40. The molecule has 0 N–H and O–H groups in total. The zero-order valence-electron chi connectivity index (χ0n) is 9.82. The van der Waals surface area contributed by atoms with Crippen LogP contribution in [0.2, 0.25) is 0 Å². The van der Waals surface area contributed by atoms with Gasteiger partial charge in [-0.1, -0.05) is 12.1 Å². The first-order chi connectivity index (χ1) is 8.15. The summed E-state index contributed by atoms with van der Waals surface area (Å²) in [5.74, 6) is 0.750. The van der Waals surface area contributed by atoms with Crippen molar-refractivity contribution < 1.29 is 19.0 Å². The molecule has 4 nitrogen and oxygen atoms in total. The molecule has 0 bridgehead atoms. The molecule has 17 heavy (non-hydrogen) atoms. The molecule has 5 heteroatoms. The van der Waals surface area contributed by atoms with Crippen LogP contribution in [0.15, 0.2) is 30.0 Å². The van der Waals surface area contributed by atoms with Gasteiger partial charge in [0.05, 0.1) is 26.9 Å². The van der Waals surface area contributed by atoms with E-state index in [0.29, 0.717) is 11.3 Å². The summed E-state index contributed by atoms with van der Waals surface area (Å²) in [6, 6.07) is 7.10. The van der Waals surface area contributed by atoms with E-state index in [1.807, 2.05) is 6.07 Å². The van der Waals surface area contributed by atoms with Crippen molar-refractivity contribution in [3.8, 4) is 5.75 Å². The van der Waals surface area contributed by atoms with Gasteiger partial charge in [0.15, 0.2) is 5.76 Å². The van der Waals surface area contributed by atoms with Crippen LogP contribution < -0.4 is 4.74 Å². The highest BCUT2D eigenvalue weighted by atomic mass is 35.5. The van der Waals surface area contributed by atoms with Crippen LogP contribution in [0.25, 0.3) is 5.76 Å². The van der Waals surface area contributed by atoms with E-state index in [0.717, 1.165) is 0 Å². The molecule has 0 unspecified atom stereocenters. The van der Waals surface area contributed by atoms with E-state index in [4.69, 9.17) is 25.8 Å². The van der Waals surface area contributed by atoms with Crippen molar-refractivity contribution in [2.24, 2.45) is 0 Å². The van der Waals surface area contributed by atoms with Crippen molar-refractivity contribution in [2.75, 3.05) is 21.3 Å². The maximum absolute atomic E-state index is 11.2. The fourth-order valence-electron chi connectivity index (χ4n) is 1.42. The number of hydrogen-bond donors (Lipinski definition) is 0. The molecule has 0 saturated heterocycles. The van der Waals surface area contributed by atoms with Gasteiger partial charge >= 0.3 is 0 Å². The van der Waals surface area contributed by atoms with Crippen molar-refractivity contribution in [1.82, 2.24) is 0 Å². The van der Waals surface area contributed by atoms with Gasteiger partial charge in [0, 0.05) is 0 Å². The zero-order chi connectivity index (χ0) is 12.8. The standard InChI is InChI=1S/C12H13ClO4/c1-15-9-7-5-4-6-8(9)10(16-2)11(17-3)12(13)14/h4-7H,1-3H3. The largest absolute Gasteiger partial charge is 0.496 e. The molecule has 0 fully saturated rings. The van der Waals surface area contributed by atoms with E-state index in [1.54, 1.807) is 18.2 Å². The summed E-state index contributed by atoms with van der Waals surface area (Å²) in [7, 11) is 4.31. The molecule has 0 aliphatic heterocycles. The zero-order valence-corrected chi connectivity index (χ0v) is 10.6. The van der Waals surface area contributed by atoms with E-state index in [9.17, 15) is 4.79 Å². The number of para-hydroxylation sites is 1. The number of allylic oxidation sites excluding steroid dienone is 1. The summed E-state index contributed by atoms with van der Waals surface area (Å²) < 4.78 is 15.3. The van der Waals surface area contributed by atoms with E-state index >= 15 is 0 Å². The summed E-state index contributed by atoms with van der Waals surface area (Å²) in [5, 5.41) is -0.727. The third-order valence-corrected chi connectivity index (χ3v) is 2.32. The Labute approximate surface area is 105 Å². The highest BCUT2D eigenvalue weighted by Gasteiger charge is 2.19. The van der Waals surface area contributed by atoms with E-state index in [2.05, 4.69) is 0 Å². The fraction of sp³-hybridized carbons (Fsp3) is 0.250. The van der Waals surface area contributed by atoms with Gasteiger partial charge in [-0.15, -0.1) is 0 Å². The molecule has 0 saturated carbocycles. The van der Waals surface area contributed by atoms with Crippen LogP contribution in [0.4, 0.5) is 0 Å². The Morgan fingerprint density at radius 2 is 1.76 bits per heavy atom. The normalized spacial score (nSPS) is 11.5. The Hall–Kier alpha value is -1.68. The van der Waals surface area contributed by atoms with E-state index in [1.165, 1.54) is 21.3 Å². The molecule has 0 aliphatic carbocycles. The average Bonchev–Trinajstić information content (AvgIpc) is 2.35. The monoisotopic (exact) mass is 256 g/mol. The number of hydrogen-bond acceptors (Lipinski definition) is 4. The summed E-state index contributed by atoms with van der Waals surface area (Å²) in [4.78, 5) is 11.2. The molecule has 1 rings (SSSR count). The lowest BCUT2D eigenvalue weighted by molar-refractivity contribution is -0.111. The van der Waals surface area contributed by atoms with Crippen LogP contribution in [-0.2, 0) is 14.3 Å². The van der Waals surface area contributed by atoms with Gasteiger partial charge in [-0.2, -0.15) is 0 Å². The number of methoxy groups -OCH3 is 3. The lowest BCUT2D eigenvalue weighted by Gasteiger charge is -2.13. The molecular formula is C12H13ClO4. The Bertz CT molecular complexity index is 440. The molecule has 0 aliphatic rings. The quantitative estimate of drug-likeness (QED) is 0.461. The molecule has 0 spiro atoms. The highest BCUT2D eigenvalue weighted by molar-refractivity contribution is 6.67. The lowest BCUT2D eigenvalue weighted by Crippen LogP contribution is -2.04. The van der Waals surface area contributed by atoms with Gasteiger partial charge in [0.2, 0.25) is 5.76 Å². The number of ether oxygens (including phenoxy) is 3. The smallest absolute Gasteiger partial charge is 0.291 e. The molecule has 0 heterocycles. The van der Waals surface area contributed by atoms with Crippen LogP contribution in [0.5, 0.6) is 5.75 Å². The van der Waals surface area contributed by atoms with E-state index < -0.39 is 5.24 Å². The summed E-state index contributed by atoms with van der Waals surface area (Å²) in [5.41, 5.74) is 0.600. The molecule has 92 valence electrons. The molecule has 1 aromatic carbocycles. The van der Waals surface area contributed by atoms with Gasteiger partial charge in [-0.05, 0) is 23.7 Å². The van der Waals surface area contributed by atoms with Crippen molar-refractivity contribution in [2.45, 2.75) is 0 Å². The molecule has 0 aromatic heterocycles. The topological polar surface area (TPSA) is 44.8 Å². The van der Waals surface area contributed by atoms with Gasteiger partial charge in [-0.25, -0.2) is 0 Å². The number of benzene rings is 1. The minimum atomic E-state index is -0.727. The number of rotatable bonds is 5. The van der Waals surface area contributed by atoms with Crippen molar-refractivity contribution in [3.63, 3.8) is 0 Å². The predicted molar refractivity (Wildman–Crippen MR) is 64.8 cm³/mol. The second-order valence-corrected chi connectivity index (χ2v) is 3.38.